The number of esters is 1. The molecule has 0 aliphatic rings. The first-order valence-electron chi connectivity index (χ1n) is 6.12. The predicted octanol–water partition coefficient (Wildman–Crippen LogP) is 4.12. The highest BCUT2D eigenvalue weighted by atomic mass is 32.1. The first-order valence-corrected chi connectivity index (χ1v) is 6.93. The van der Waals surface area contributed by atoms with Crippen LogP contribution < -0.4 is 0 Å². The number of thiophene rings is 1. The van der Waals surface area contributed by atoms with Gasteiger partial charge in [-0.2, -0.15) is 0 Å². The number of hydrogen-bond donors (Lipinski definition) is 0. The topological polar surface area (TPSA) is 26.3 Å². The van der Waals surface area contributed by atoms with E-state index in [9.17, 15) is 4.79 Å². The molecule has 1 atom stereocenters. The van der Waals surface area contributed by atoms with Crippen molar-refractivity contribution in [2.24, 2.45) is 5.92 Å². The van der Waals surface area contributed by atoms with Crippen molar-refractivity contribution in [3.05, 3.63) is 34.7 Å². The summed E-state index contributed by atoms with van der Waals surface area (Å²) in [7, 11) is 1.46. The lowest BCUT2D eigenvalue weighted by molar-refractivity contribution is -0.143. The van der Waals surface area contributed by atoms with Crippen molar-refractivity contribution in [1.82, 2.24) is 0 Å². The van der Waals surface area contributed by atoms with Crippen LogP contribution in [0.3, 0.4) is 0 Å². The highest BCUT2D eigenvalue weighted by Crippen LogP contribution is 2.39. The van der Waals surface area contributed by atoms with E-state index < -0.39 is 0 Å². The van der Waals surface area contributed by atoms with Crippen LogP contribution in [0.1, 0.15) is 30.2 Å². The van der Waals surface area contributed by atoms with Gasteiger partial charge in [-0.1, -0.05) is 32.0 Å². The summed E-state index contributed by atoms with van der Waals surface area (Å²) < 4.78 is 6.18. The summed E-state index contributed by atoms with van der Waals surface area (Å²) in [5.74, 6) is -0.0590. The number of carbonyl (C=O) groups excluding carboxylic acids is 1. The molecule has 0 N–H and O–H groups in total. The van der Waals surface area contributed by atoms with Gasteiger partial charge in [-0.25, -0.2) is 0 Å². The van der Waals surface area contributed by atoms with Gasteiger partial charge in [0.2, 0.25) is 0 Å². The summed E-state index contributed by atoms with van der Waals surface area (Å²) in [6, 6.07) is 8.28. The van der Waals surface area contributed by atoms with E-state index in [1.807, 2.05) is 12.1 Å². The van der Waals surface area contributed by atoms with Crippen molar-refractivity contribution in [2.75, 3.05) is 7.11 Å². The van der Waals surface area contributed by atoms with Gasteiger partial charge in [0.15, 0.2) is 0 Å². The summed E-state index contributed by atoms with van der Waals surface area (Å²) in [5.41, 5.74) is 1.21. The number of carbonyl (C=O) groups is 1. The van der Waals surface area contributed by atoms with Crippen LogP contribution in [0.15, 0.2) is 24.3 Å². The number of fused-ring (bicyclic) bond motifs is 1. The normalized spacial score (nSPS) is 12.9. The molecule has 0 bridgehead atoms. The average Bonchev–Trinajstić information content (AvgIpc) is 2.67. The molecule has 0 aliphatic heterocycles. The number of rotatable bonds is 3. The Morgan fingerprint density at radius 3 is 2.50 bits per heavy atom. The minimum atomic E-state index is -0.160. The zero-order valence-electron chi connectivity index (χ0n) is 11.2. The molecule has 96 valence electrons. The molecule has 1 aromatic carbocycles. The largest absolute Gasteiger partial charge is 0.469 e. The van der Waals surface area contributed by atoms with E-state index in [0.29, 0.717) is 0 Å². The van der Waals surface area contributed by atoms with Crippen LogP contribution in [0, 0.1) is 12.8 Å². The van der Waals surface area contributed by atoms with E-state index in [-0.39, 0.29) is 17.8 Å². The fraction of sp³-hybridized carbons (Fsp3) is 0.400. The molecule has 1 aromatic heterocycles. The van der Waals surface area contributed by atoms with Gasteiger partial charge >= 0.3 is 5.97 Å². The molecule has 3 heteroatoms. The summed E-state index contributed by atoms with van der Waals surface area (Å²) >= 11 is 1.70. The molecule has 0 saturated carbocycles. The predicted molar refractivity (Wildman–Crippen MR) is 76.2 cm³/mol. The summed E-state index contributed by atoms with van der Waals surface area (Å²) in [5, 5.41) is 1.24. The fourth-order valence-electron chi connectivity index (χ4n) is 2.30. The molecule has 0 aliphatic carbocycles. The van der Waals surface area contributed by atoms with Crippen LogP contribution >= 0.6 is 11.3 Å². The Bertz CT molecular complexity index is 569. The van der Waals surface area contributed by atoms with Crippen LogP contribution in [-0.2, 0) is 9.53 Å². The third-order valence-corrected chi connectivity index (χ3v) is 4.64. The lowest BCUT2D eigenvalue weighted by Crippen LogP contribution is -2.19. The SMILES string of the molecule is COC(=O)C(c1sc2ccccc2c1C)C(C)C. The molecule has 0 amide bonds. The Morgan fingerprint density at radius 1 is 1.28 bits per heavy atom. The van der Waals surface area contributed by atoms with Gasteiger partial charge in [0.1, 0.15) is 0 Å². The molecule has 1 unspecified atom stereocenters. The molecular formula is C15H18O2S. The van der Waals surface area contributed by atoms with Gasteiger partial charge in [-0.15, -0.1) is 11.3 Å². The number of benzene rings is 1. The highest BCUT2D eigenvalue weighted by molar-refractivity contribution is 7.19. The van der Waals surface area contributed by atoms with Gasteiger partial charge in [-0.05, 0) is 29.9 Å². The van der Waals surface area contributed by atoms with E-state index in [1.54, 1.807) is 11.3 Å². The first kappa shape index (κ1) is 13.1. The summed E-state index contributed by atoms with van der Waals surface area (Å²) in [6.07, 6.45) is 0. The van der Waals surface area contributed by atoms with Gasteiger partial charge in [0.25, 0.3) is 0 Å². The van der Waals surface area contributed by atoms with E-state index >= 15 is 0 Å². The number of ether oxygens (including phenoxy) is 1. The zero-order chi connectivity index (χ0) is 13.3. The van der Waals surface area contributed by atoms with Crippen molar-refractivity contribution < 1.29 is 9.53 Å². The van der Waals surface area contributed by atoms with Crippen LogP contribution in [0.25, 0.3) is 10.1 Å². The molecule has 0 saturated heterocycles. The monoisotopic (exact) mass is 262 g/mol. The zero-order valence-corrected chi connectivity index (χ0v) is 12.0. The van der Waals surface area contributed by atoms with Crippen LogP contribution in [0.5, 0.6) is 0 Å². The Labute approximate surface area is 112 Å². The van der Waals surface area contributed by atoms with Gasteiger partial charge < -0.3 is 4.74 Å². The Balaban J connectivity index is 2.57. The Morgan fingerprint density at radius 2 is 1.94 bits per heavy atom. The Hall–Kier alpha value is -1.35. The molecule has 0 fully saturated rings. The van der Waals surface area contributed by atoms with Crippen molar-refractivity contribution >= 4 is 27.4 Å². The van der Waals surface area contributed by atoms with E-state index in [0.717, 1.165) is 4.88 Å². The smallest absolute Gasteiger partial charge is 0.314 e. The van der Waals surface area contributed by atoms with E-state index in [2.05, 4.69) is 32.9 Å². The lowest BCUT2D eigenvalue weighted by Gasteiger charge is -2.17. The lowest BCUT2D eigenvalue weighted by atomic mass is 9.91. The quantitative estimate of drug-likeness (QED) is 0.778. The standard InChI is InChI=1S/C15H18O2S/c1-9(2)13(15(16)17-4)14-10(3)11-7-5-6-8-12(11)18-14/h5-9,13H,1-4H3. The molecule has 18 heavy (non-hydrogen) atoms. The first-order chi connectivity index (χ1) is 8.56. The molecule has 2 rings (SSSR count). The average molecular weight is 262 g/mol. The molecule has 2 aromatic rings. The maximum Gasteiger partial charge on any atom is 0.314 e. The maximum absolute atomic E-state index is 12.0. The van der Waals surface area contributed by atoms with Crippen LogP contribution in [0.4, 0.5) is 0 Å². The molecule has 1 heterocycles. The second-order valence-corrected chi connectivity index (χ2v) is 5.92. The highest BCUT2D eigenvalue weighted by Gasteiger charge is 2.28. The van der Waals surface area contributed by atoms with Gasteiger partial charge in [-0.3, -0.25) is 4.79 Å². The van der Waals surface area contributed by atoms with E-state index in [1.165, 1.54) is 22.8 Å². The minimum Gasteiger partial charge on any atom is -0.469 e. The minimum absolute atomic E-state index is 0.139. The molecule has 2 nitrogen and oxygen atoms in total. The number of methoxy groups -OCH3 is 1. The number of hydrogen-bond acceptors (Lipinski definition) is 3. The number of aryl methyl sites for hydroxylation is 1. The van der Waals surface area contributed by atoms with Crippen molar-refractivity contribution in [3.8, 4) is 0 Å². The van der Waals surface area contributed by atoms with Crippen molar-refractivity contribution in [3.63, 3.8) is 0 Å². The summed E-state index contributed by atoms with van der Waals surface area (Å²) in [4.78, 5) is 13.1. The maximum atomic E-state index is 12.0. The van der Waals surface area contributed by atoms with Gasteiger partial charge in [0.05, 0.1) is 13.0 Å². The van der Waals surface area contributed by atoms with Gasteiger partial charge in [0, 0.05) is 9.58 Å². The van der Waals surface area contributed by atoms with Crippen LogP contribution in [0.2, 0.25) is 0 Å². The fourth-order valence-corrected chi connectivity index (χ4v) is 3.77. The summed E-state index contributed by atoms with van der Waals surface area (Å²) in [6.45, 7) is 6.21. The third-order valence-electron chi connectivity index (χ3n) is 3.28. The molecular weight excluding hydrogens is 244 g/mol. The van der Waals surface area contributed by atoms with Crippen molar-refractivity contribution in [1.29, 1.82) is 0 Å². The molecule has 0 spiro atoms. The molecule has 0 radical (unpaired) electrons. The third kappa shape index (κ3) is 2.15. The van der Waals surface area contributed by atoms with E-state index in [4.69, 9.17) is 4.74 Å². The van der Waals surface area contributed by atoms with Crippen molar-refractivity contribution in [2.45, 2.75) is 26.7 Å². The van der Waals surface area contributed by atoms with Crippen LogP contribution in [-0.4, -0.2) is 13.1 Å². The second kappa shape index (κ2) is 5.11. The Kier molecular flexibility index (Phi) is 3.71. The second-order valence-electron chi connectivity index (χ2n) is 4.83.